The maximum absolute atomic E-state index is 12.9. The third-order valence-electron chi connectivity index (χ3n) is 4.80. The number of benzene rings is 2. The monoisotopic (exact) mass is 367 g/mol. The zero-order valence-corrected chi connectivity index (χ0v) is 15.9. The van der Waals surface area contributed by atoms with Crippen molar-refractivity contribution < 1.29 is 13.2 Å². The number of nitrogens with zero attached hydrogens (tertiary/aromatic N) is 1. The number of sulfonamides is 1. The minimum atomic E-state index is -3.59. The van der Waals surface area contributed by atoms with Crippen LogP contribution in [0.25, 0.3) is 0 Å². The summed E-state index contributed by atoms with van der Waals surface area (Å²) in [5, 5.41) is 0. The van der Waals surface area contributed by atoms with Gasteiger partial charge in [0, 0.05) is 19.0 Å². The van der Waals surface area contributed by atoms with Gasteiger partial charge < -0.3 is 4.74 Å². The van der Waals surface area contributed by atoms with Crippen LogP contribution in [0.4, 0.5) is 0 Å². The Hall–Kier alpha value is -2.05. The first-order chi connectivity index (χ1) is 12.3. The molecule has 6 heteroatoms. The van der Waals surface area contributed by atoms with Crippen molar-refractivity contribution in [1.29, 1.82) is 0 Å². The zero-order chi connectivity index (χ0) is 18.9. The molecule has 1 aliphatic rings. The Morgan fingerprint density at radius 1 is 1.12 bits per heavy atom. The van der Waals surface area contributed by atoms with E-state index in [1.54, 1.807) is 31.4 Å². The van der Waals surface area contributed by atoms with Crippen LogP contribution in [0.2, 0.25) is 5.82 Å². The molecule has 0 spiro atoms. The summed E-state index contributed by atoms with van der Waals surface area (Å²) in [6.45, 7) is 6.56. The fourth-order valence-corrected chi connectivity index (χ4v) is 4.85. The van der Waals surface area contributed by atoms with Gasteiger partial charge in [-0.25, -0.2) is 8.42 Å². The molecular formula is C20H22BNO3S. The molecule has 26 heavy (non-hydrogen) atoms. The molecule has 1 saturated heterocycles. The number of aryl methyl sites for hydroxylation is 1. The average molecular weight is 367 g/mol. The summed E-state index contributed by atoms with van der Waals surface area (Å²) >= 11 is 0. The predicted octanol–water partition coefficient (Wildman–Crippen LogP) is 3.30. The molecule has 2 aromatic rings. The lowest BCUT2D eigenvalue weighted by molar-refractivity contribution is 0.376. The molecule has 1 fully saturated rings. The van der Waals surface area contributed by atoms with Gasteiger partial charge in [0.15, 0.2) is 0 Å². The van der Waals surface area contributed by atoms with Crippen molar-refractivity contribution in [3.63, 3.8) is 0 Å². The van der Waals surface area contributed by atoms with E-state index in [4.69, 9.17) is 12.6 Å². The van der Waals surface area contributed by atoms with Crippen LogP contribution in [0.5, 0.6) is 5.75 Å². The predicted molar refractivity (Wildman–Crippen MR) is 104 cm³/mol. The summed E-state index contributed by atoms with van der Waals surface area (Å²) in [7, 11) is 4.39. The minimum absolute atomic E-state index is 0.0784. The van der Waals surface area contributed by atoms with Crippen molar-refractivity contribution in [3.8, 4) is 5.75 Å². The summed E-state index contributed by atoms with van der Waals surface area (Å²) < 4.78 is 32.5. The maximum atomic E-state index is 12.9. The van der Waals surface area contributed by atoms with Gasteiger partial charge in [0.25, 0.3) is 0 Å². The topological polar surface area (TPSA) is 46.6 Å². The molecule has 2 aromatic carbocycles. The fourth-order valence-electron chi connectivity index (χ4n) is 3.37. The molecule has 134 valence electrons. The van der Waals surface area contributed by atoms with E-state index in [9.17, 15) is 8.42 Å². The van der Waals surface area contributed by atoms with Crippen LogP contribution in [-0.2, 0) is 10.0 Å². The van der Waals surface area contributed by atoms with E-state index in [-0.39, 0.29) is 29.7 Å². The van der Waals surface area contributed by atoms with Crippen molar-refractivity contribution in [2.24, 2.45) is 0 Å². The molecule has 0 aliphatic carbocycles. The van der Waals surface area contributed by atoms with E-state index in [1.807, 2.05) is 31.2 Å². The van der Waals surface area contributed by atoms with E-state index in [2.05, 4.69) is 6.58 Å². The summed E-state index contributed by atoms with van der Waals surface area (Å²) in [5.41, 5.74) is 2.84. The highest BCUT2D eigenvalue weighted by atomic mass is 32.2. The van der Waals surface area contributed by atoms with Gasteiger partial charge in [0.1, 0.15) is 5.75 Å². The lowest BCUT2D eigenvalue weighted by Gasteiger charge is -2.38. The summed E-state index contributed by atoms with van der Waals surface area (Å²) in [6, 6.07) is 14.5. The van der Waals surface area contributed by atoms with Crippen molar-refractivity contribution in [3.05, 3.63) is 71.8 Å². The summed E-state index contributed by atoms with van der Waals surface area (Å²) in [4.78, 5) is 0.283. The lowest BCUT2D eigenvalue weighted by Crippen LogP contribution is -2.42. The van der Waals surface area contributed by atoms with E-state index < -0.39 is 10.0 Å². The van der Waals surface area contributed by atoms with Crippen LogP contribution in [0, 0.1) is 6.92 Å². The molecule has 4 nitrogen and oxygen atoms in total. The van der Waals surface area contributed by atoms with Crippen molar-refractivity contribution in [2.45, 2.75) is 23.6 Å². The van der Waals surface area contributed by atoms with E-state index in [0.29, 0.717) is 0 Å². The Balaban J connectivity index is 1.83. The van der Waals surface area contributed by atoms with Crippen molar-refractivity contribution in [1.82, 2.24) is 4.31 Å². The van der Waals surface area contributed by atoms with Gasteiger partial charge in [0.2, 0.25) is 10.0 Å². The molecule has 0 unspecified atom stereocenters. The average Bonchev–Trinajstić information content (AvgIpc) is 2.62. The standard InChI is InChI=1S/C20H22BNO3S/c1-14-4-10-18(11-5-14)26(23,24)22-12-15(2)20(19(21)13-22)16-6-8-17(25-3)9-7-16/h4-11,19-20H,2,12-13H2,1,3H3/t19-,20+/m0/s1. The Labute approximate surface area is 156 Å². The molecular weight excluding hydrogens is 345 g/mol. The summed E-state index contributed by atoms with van der Waals surface area (Å²) in [6.07, 6.45) is 0. The van der Waals surface area contributed by atoms with Gasteiger partial charge in [-0.2, -0.15) is 4.31 Å². The van der Waals surface area contributed by atoms with Gasteiger partial charge in [-0.3, -0.25) is 0 Å². The second kappa shape index (κ2) is 7.29. The van der Waals surface area contributed by atoms with Crippen molar-refractivity contribution in [2.75, 3.05) is 20.2 Å². The van der Waals surface area contributed by atoms with Crippen LogP contribution in [-0.4, -0.2) is 40.8 Å². The molecule has 0 N–H and O–H groups in total. The molecule has 2 atom stereocenters. The third-order valence-corrected chi connectivity index (χ3v) is 6.62. The quantitative estimate of drug-likeness (QED) is 0.615. The number of ether oxygens (including phenoxy) is 1. The Morgan fingerprint density at radius 2 is 1.73 bits per heavy atom. The second-order valence-electron chi connectivity index (χ2n) is 6.68. The van der Waals surface area contributed by atoms with Gasteiger partial charge in [-0.1, -0.05) is 47.8 Å². The van der Waals surface area contributed by atoms with Crippen LogP contribution in [0.3, 0.4) is 0 Å². The largest absolute Gasteiger partial charge is 0.497 e. The van der Waals surface area contributed by atoms with E-state index >= 15 is 0 Å². The van der Waals surface area contributed by atoms with Gasteiger partial charge in [0.05, 0.1) is 19.9 Å². The first kappa shape index (κ1) is 18.7. The Kier molecular flexibility index (Phi) is 5.25. The zero-order valence-electron chi connectivity index (χ0n) is 15.1. The van der Waals surface area contributed by atoms with Gasteiger partial charge in [-0.15, -0.1) is 0 Å². The molecule has 1 aliphatic heterocycles. The number of piperidine rings is 1. The highest BCUT2D eigenvalue weighted by molar-refractivity contribution is 7.89. The molecule has 3 rings (SSSR count). The molecule has 2 radical (unpaired) electrons. The van der Waals surface area contributed by atoms with Crippen LogP contribution in [0.15, 0.2) is 65.6 Å². The third kappa shape index (κ3) is 3.57. The normalized spacial score (nSPS) is 21.5. The second-order valence-corrected chi connectivity index (χ2v) is 8.62. The highest BCUT2D eigenvalue weighted by Gasteiger charge is 2.35. The van der Waals surface area contributed by atoms with E-state index in [1.165, 1.54) is 4.31 Å². The maximum Gasteiger partial charge on any atom is 0.243 e. The molecule has 0 saturated carbocycles. The lowest BCUT2D eigenvalue weighted by atomic mass is 9.68. The van der Waals surface area contributed by atoms with Crippen LogP contribution < -0.4 is 4.74 Å². The summed E-state index contributed by atoms with van der Waals surface area (Å²) in [5.74, 6) is 0.336. The van der Waals surface area contributed by atoms with Gasteiger partial charge in [-0.05, 0) is 36.8 Å². The van der Waals surface area contributed by atoms with Gasteiger partial charge >= 0.3 is 0 Å². The molecule has 0 aromatic heterocycles. The Bertz CT molecular complexity index is 892. The molecule has 1 heterocycles. The fraction of sp³-hybridized carbons (Fsp3) is 0.300. The van der Waals surface area contributed by atoms with Crippen molar-refractivity contribution >= 4 is 17.9 Å². The number of hydrogen-bond acceptors (Lipinski definition) is 3. The van der Waals surface area contributed by atoms with Crippen LogP contribution >= 0.6 is 0 Å². The molecule has 0 amide bonds. The smallest absolute Gasteiger partial charge is 0.243 e. The first-order valence-electron chi connectivity index (χ1n) is 8.47. The minimum Gasteiger partial charge on any atom is -0.497 e. The SMILES string of the molecule is [B][C@H]1CN(S(=O)(=O)c2ccc(C)cc2)CC(=C)[C@@H]1c1ccc(OC)cc1. The number of rotatable bonds is 4. The van der Waals surface area contributed by atoms with E-state index in [0.717, 1.165) is 22.4 Å². The first-order valence-corrected chi connectivity index (χ1v) is 9.91. The Morgan fingerprint density at radius 3 is 2.27 bits per heavy atom. The molecule has 0 bridgehead atoms. The number of methoxy groups -OCH3 is 1. The number of hydrogen-bond donors (Lipinski definition) is 0. The van der Waals surface area contributed by atoms with Crippen LogP contribution in [0.1, 0.15) is 17.0 Å². The highest BCUT2D eigenvalue weighted by Crippen LogP contribution is 2.40.